The largest absolute Gasteiger partial charge is 0.508 e. The highest BCUT2D eigenvalue weighted by Gasteiger charge is 1.96. The van der Waals surface area contributed by atoms with Crippen molar-refractivity contribution in [3.63, 3.8) is 0 Å². The number of hydrogen-bond donors (Lipinski definition) is 2. The van der Waals surface area contributed by atoms with Crippen LogP contribution in [0.4, 0.5) is 0 Å². The average molecular weight is 240 g/mol. The van der Waals surface area contributed by atoms with Crippen molar-refractivity contribution >= 4 is 12.2 Å². The van der Waals surface area contributed by atoms with Crippen LogP contribution in [0.1, 0.15) is 23.6 Å². The van der Waals surface area contributed by atoms with Crippen LogP contribution >= 0.6 is 0 Å². The number of benzene rings is 2. The van der Waals surface area contributed by atoms with Gasteiger partial charge in [-0.15, -0.1) is 0 Å². The zero-order chi connectivity index (χ0) is 13.0. The molecular weight excluding hydrogens is 224 g/mol. The number of aryl methyl sites for hydroxylation is 1. The van der Waals surface area contributed by atoms with E-state index in [0.717, 1.165) is 17.5 Å². The standard InChI is InChI=1S/C16H16O2/c1-2-12-3-5-13(6-4-12)7-8-14-9-15(17)11-16(18)10-14/h3-11,17-18H,2H2,1H3. The molecular formula is C16H16O2. The van der Waals surface area contributed by atoms with E-state index in [4.69, 9.17) is 0 Å². The van der Waals surface area contributed by atoms with Crippen molar-refractivity contribution in [2.45, 2.75) is 13.3 Å². The van der Waals surface area contributed by atoms with Gasteiger partial charge in [0, 0.05) is 6.07 Å². The first-order valence-corrected chi connectivity index (χ1v) is 5.97. The van der Waals surface area contributed by atoms with Crippen LogP contribution in [0.5, 0.6) is 11.5 Å². The second kappa shape index (κ2) is 5.41. The Labute approximate surface area is 107 Å². The molecule has 2 rings (SSSR count). The van der Waals surface area contributed by atoms with Crippen molar-refractivity contribution in [1.82, 2.24) is 0 Å². The minimum Gasteiger partial charge on any atom is -0.508 e. The molecule has 0 saturated carbocycles. The highest BCUT2D eigenvalue weighted by atomic mass is 16.3. The molecule has 18 heavy (non-hydrogen) atoms. The van der Waals surface area contributed by atoms with Crippen molar-refractivity contribution < 1.29 is 10.2 Å². The lowest BCUT2D eigenvalue weighted by Gasteiger charge is -1.99. The van der Waals surface area contributed by atoms with E-state index in [1.807, 2.05) is 12.2 Å². The average Bonchev–Trinajstić information content (AvgIpc) is 2.36. The summed E-state index contributed by atoms with van der Waals surface area (Å²) in [5.74, 6) is 0.131. The lowest BCUT2D eigenvalue weighted by molar-refractivity contribution is 0.450. The number of aromatic hydroxyl groups is 2. The fraction of sp³-hybridized carbons (Fsp3) is 0.125. The van der Waals surface area contributed by atoms with Gasteiger partial charge in [-0.05, 0) is 35.2 Å². The van der Waals surface area contributed by atoms with E-state index in [0.29, 0.717) is 0 Å². The molecule has 92 valence electrons. The topological polar surface area (TPSA) is 40.5 Å². The Bertz CT molecular complexity index is 534. The van der Waals surface area contributed by atoms with E-state index in [1.54, 1.807) is 12.1 Å². The summed E-state index contributed by atoms with van der Waals surface area (Å²) in [6.45, 7) is 2.13. The highest BCUT2D eigenvalue weighted by Crippen LogP contribution is 2.22. The van der Waals surface area contributed by atoms with E-state index >= 15 is 0 Å². The Hall–Kier alpha value is -2.22. The summed E-state index contributed by atoms with van der Waals surface area (Å²) in [5.41, 5.74) is 3.17. The Balaban J connectivity index is 2.18. The Morgan fingerprint density at radius 2 is 1.39 bits per heavy atom. The molecule has 0 heterocycles. The zero-order valence-electron chi connectivity index (χ0n) is 10.3. The minimum absolute atomic E-state index is 0.0657. The van der Waals surface area contributed by atoms with Gasteiger partial charge >= 0.3 is 0 Å². The summed E-state index contributed by atoms with van der Waals surface area (Å²) in [5, 5.41) is 18.7. The molecule has 2 heteroatoms. The quantitative estimate of drug-likeness (QED) is 0.800. The van der Waals surface area contributed by atoms with Crippen LogP contribution in [-0.2, 0) is 6.42 Å². The first-order valence-electron chi connectivity index (χ1n) is 5.97. The molecule has 0 bridgehead atoms. The molecule has 2 N–H and O–H groups in total. The summed E-state index contributed by atoms with van der Waals surface area (Å²) in [6.07, 6.45) is 4.85. The maximum Gasteiger partial charge on any atom is 0.119 e. The summed E-state index contributed by atoms with van der Waals surface area (Å²) >= 11 is 0. The fourth-order valence-electron chi connectivity index (χ4n) is 1.77. The van der Waals surface area contributed by atoms with E-state index in [1.165, 1.54) is 11.6 Å². The van der Waals surface area contributed by atoms with E-state index in [2.05, 4.69) is 31.2 Å². The number of rotatable bonds is 3. The first-order chi connectivity index (χ1) is 8.67. The van der Waals surface area contributed by atoms with E-state index in [9.17, 15) is 10.2 Å². The normalized spacial score (nSPS) is 10.9. The molecule has 0 aromatic heterocycles. The molecule has 0 fully saturated rings. The number of hydrogen-bond acceptors (Lipinski definition) is 2. The third kappa shape index (κ3) is 3.14. The third-order valence-corrected chi connectivity index (χ3v) is 2.78. The molecule has 0 radical (unpaired) electrons. The van der Waals surface area contributed by atoms with Gasteiger partial charge in [-0.1, -0.05) is 43.3 Å². The molecule has 2 aromatic rings. The monoisotopic (exact) mass is 240 g/mol. The summed E-state index contributed by atoms with van der Waals surface area (Å²) < 4.78 is 0. The Morgan fingerprint density at radius 1 is 0.833 bits per heavy atom. The molecule has 0 atom stereocenters. The van der Waals surface area contributed by atoms with Gasteiger partial charge in [-0.25, -0.2) is 0 Å². The second-order valence-corrected chi connectivity index (χ2v) is 4.21. The van der Waals surface area contributed by atoms with Crippen LogP contribution < -0.4 is 0 Å². The van der Waals surface area contributed by atoms with Crippen LogP contribution in [0, 0.1) is 0 Å². The van der Waals surface area contributed by atoms with E-state index in [-0.39, 0.29) is 11.5 Å². The van der Waals surface area contributed by atoms with Gasteiger partial charge < -0.3 is 10.2 Å². The van der Waals surface area contributed by atoms with Gasteiger partial charge in [0.1, 0.15) is 11.5 Å². The van der Waals surface area contributed by atoms with Gasteiger partial charge in [-0.3, -0.25) is 0 Å². The van der Waals surface area contributed by atoms with Crippen molar-refractivity contribution in [3.8, 4) is 11.5 Å². The molecule has 0 saturated heterocycles. The Morgan fingerprint density at radius 3 is 1.94 bits per heavy atom. The van der Waals surface area contributed by atoms with Crippen molar-refractivity contribution in [2.24, 2.45) is 0 Å². The fourth-order valence-corrected chi connectivity index (χ4v) is 1.77. The van der Waals surface area contributed by atoms with Gasteiger partial charge in [0.05, 0.1) is 0 Å². The smallest absolute Gasteiger partial charge is 0.119 e. The molecule has 0 aliphatic carbocycles. The molecule has 0 unspecified atom stereocenters. The van der Waals surface area contributed by atoms with Crippen LogP contribution in [0.3, 0.4) is 0 Å². The lowest BCUT2D eigenvalue weighted by Crippen LogP contribution is -1.79. The number of phenols is 2. The third-order valence-electron chi connectivity index (χ3n) is 2.78. The molecule has 0 amide bonds. The summed E-state index contributed by atoms with van der Waals surface area (Å²) in [4.78, 5) is 0. The number of phenolic OH excluding ortho intramolecular Hbond substituents is 2. The van der Waals surface area contributed by atoms with Crippen molar-refractivity contribution in [3.05, 3.63) is 59.2 Å². The van der Waals surface area contributed by atoms with Crippen LogP contribution in [0.25, 0.3) is 12.2 Å². The molecule has 0 aliphatic rings. The van der Waals surface area contributed by atoms with Gasteiger partial charge in [0.2, 0.25) is 0 Å². The molecule has 0 aliphatic heterocycles. The SMILES string of the molecule is CCc1ccc(C=Cc2cc(O)cc(O)c2)cc1. The van der Waals surface area contributed by atoms with Crippen LogP contribution in [0.2, 0.25) is 0 Å². The lowest BCUT2D eigenvalue weighted by atomic mass is 10.1. The van der Waals surface area contributed by atoms with Crippen molar-refractivity contribution in [2.75, 3.05) is 0 Å². The zero-order valence-corrected chi connectivity index (χ0v) is 10.3. The maximum atomic E-state index is 9.37. The second-order valence-electron chi connectivity index (χ2n) is 4.21. The van der Waals surface area contributed by atoms with Crippen LogP contribution in [0.15, 0.2) is 42.5 Å². The maximum absolute atomic E-state index is 9.37. The first kappa shape index (κ1) is 12.2. The predicted octanol–water partition coefficient (Wildman–Crippen LogP) is 3.83. The van der Waals surface area contributed by atoms with E-state index < -0.39 is 0 Å². The Kier molecular flexibility index (Phi) is 3.68. The van der Waals surface area contributed by atoms with Gasteiger partial charge in [0.15, 0.2) is 0 Å². The van der Waals surface area contributed by atoms with Gasteiger partial charge in [0.25, 0.3) is 0 Å². The van der Waals surface area contributed by atoms with Crippen molar-refractivity contribution in [1.29, 1.82) is 0 Å². The summed E-state index contributed by atoms with van der Waals surface area (Å²) in [7, 11) is 0. The predicted molar refractivity (Wildman–Crippen MR) is 74.5 cm³/mol. The molecule has 2 aromatic carbocycles. The molecule has 2 nitrogen and oxygen atoms in total. The minimum atomic E-state index is 0.0657. The molecule has 0 spiro atoms. The summed E-state index contributed by atoms with van der Waals surface area (Å²) in [6, 6.07) is 12.8. The van der Waals surface area contributed by atoms with Gasteiger partial charge in [-0.2, -0.15) is 0 Å². The highest BCUT2D eigenvalue weighted by molar-refractivity contribution is 5.70. The van der Waals surface area contributed by atoms with Crippen LogP contribution in [-0.4, -0.2) is 10.2 Å².